The van der Waals surface area contributed by atoms with Gasteiger partial charge >= 0.3 is 12.3 Å². The minimum atomic E-state index is -4.86. The molecule has 5 rings (SSSR count). The highest BCUT2D eigenvalue weighted by Gasteiger charge is 2.39. The Morgan fingerprint density at radius 3 is 2.20 bits per heavy atom. The normalized spacial score (nSPS) is 11.6. The van der Waals surface area contributed by atoms with E-state index >= 15 is 0 Å². The molecule has 0 radical (unpaired) electrons. The van der Waals surface area contributed by atoms with Crippen molar-refractivity contribution in [3.8, 4) is 28.7 Å². The monoisotopic (exact) mass is 721 g/mol. The lowest BCUT2D eigenvalue weighted by Crippen LogP contribution is -2.43. The fraction of sp³-hybridized carbons (Fsp3) is 0.289. The molecular weight excluding hydrogens is 680 g/mol. The molecule has 0 amide bonds. The highest BCUT2D eigenvalue weighted by Crippen LogP contribution is 2.37. The lowest BCUT2D eigenvalue weighted by molar-refractivity contribution is -0.274. The number of alkyl halides is 3. The third-order valence-electron chi connectivity index (χ3n) is 8.04. The molecular formula is C38H42F3N3O6Si. The van der Waals surface area contributed by atoms with Gasteiger partial charge in [-0.05, 0) is 84.7 Å². The first-order chi connectivity index (χ1) is 24.0. The molecule has 13 heteroatoms. The molecule has 270 valence electrons. The fourth-order valence-electron chi connectivity index (χ4n) is 4.52. The van der Waals surface area contributed by atoms with Crippen molar-refractivity contribution in [2.75, 3.05) is 11.4 Å². The van der Waals surface area contributed by atoms with Crippen molar-refractivity contribution in [1.82, 2.24) is 10.1 Å². The number of aryl methyl sites for hydroxylation is 1. The summed E-state index contributed by atoms with van der Waals surface area (Å²) in [5.41, 5.74) is 2.97. The molecule has 0 saturated heterocycles. The zero-order chi connectivity index (χ0) is 37.2. The fourth-order valence-corrected chi connectivity index (χ4v) is 5.54. The number of carboxylic acids is 1. The zero-order valence-corrected chi connectivity index (χ0v) is 30.4. The summed E-state index contributed by atoms with van der Waals surface area (Å²) in [6, 6.07) is 29.6. The Kier molecular flexibility index (Phi) is 12.5. The number of rotatable bonds is 12. The van der Waals surface area contributed by atoms with E-state index in [0.717, 1.165) is 23.4 Å². The number of aliphatic carboxylic acids is 1. The van der Waals surface area contributed by atoms with Gasteiger partial charge in [0.05, 0.1) is 0 Å². The van der Waals surface area contributed by atoms with E-state index in [1.165, 1.54) is 22.6 Å². The van der Waals surface area contributed by atoms with Gasteiger partial charge in [0, 0.05) is 23.9 Å². The molecule has 0 spiro atoms. The average molecular weight is 722 g/mol. The predicted octanol–water partition coefficient (Wildman–Crippen LogP) is 9.68. The average Bonchev–Trinajstić information content (AvgIpc) is 3.52. The van der Waals surface area contributed by atoms with E-state index in [9.17, 15) is 23.1 Å². The van der Waals surface area contributed by atoms with Gasteiger partial charge in [0.25, 0.3) is 5.89 Å². The lowest BCUT2D eigenvalue weighted by atomic mass is 10.1. The SMILES string of the molecule is Cc1cccc(O[Si](C)(C)C(C)(C)C)c1.O=C(O)CN(Cc1cccc(OCc2noc(-c3ccccc3)n2)c1)c1cccc(OC(F)(F)F)c1. The number of halogens is 3. The van der Waals surface area contributed by atoms with Gasteiger partial charge < -0.3 is 28.4 Å². The lowest BCUT2D eigenvalue weighted by Gasteiger charge is -2.36. The maximum absolute atomic E-state index is 12.6. The molecule has 1 N–H and O–H groups in total. The summed E-state index contributed by atoms with van der Waals surface area (Å²) in [5, 5.41) is 13.5. The molecule has 0 unspecified atom stereocenters. The van der Waals surface area contributed by atoms with Gasteiger partial charge in [0.2, 0.25) is 14.1 Å². The summed E-state index contributed by atoms with van der Waals surface area (Å²) < 4.78 is 59.0. The van der Waals surface area contributed by atoms with E-state index < -0.39 is 32.9 Å². The van der Waals surface area contributed by atoms with Gasteiger partial charge in [-0.15, -0.1) is 13.2 Å². The van der Waals surface area contributed by atoms with Gasteiger partial charge in [-0.1, -0.05) is 74.5 Å². The summed E-state index contributed by atoms with van der Waals surface area (Å²) in [7, 11) is -1.67. The Morgan fingerprint density at radius 1 is 0.863 bits per heavy atom. The van der Waals surface area contributed by atoms with Crippen molar-refractivity contribution < 1.29 is 41.5 Å². The Bertz CT molecular complexity index is 1880. The first-order valence-electron chi connectivity index (χ1n) is 16.2. The summed E-state index contributed by atoms with van der Waals surface area (Å²) in [6.07, 6.45) is -4.86. The van der Waals surface area contributed by atoms with Crippen LogP contribution in [0.2, 0.25) is 18.1 Å². The molecule has 0 atom stereocenters. The number of ether oxygens (including phenoxy) is 2. The zero-order valence-electron chi connectivity index (χ0n) is 29.4. The number of carbonyl (C=O) groups is 1. The second kappa shape index (κ2) is 16.6. The minimum Gasteiger partial charge on any atom is -0.543 e. The van der Waals surface area contributed by atoms with Crippen LogP contribution in [0.4, 0.5) is 18.9 Å². The third-order valence-corrected chi connectivity index (χ3v) is 12.4. The van der Waals surface area contributed by atoms with Crippen molar-refractivity contribution in [2.24, 2.45) is 0 Å². The third kappa shape index (κ3) is 12.2. The summed E-state index contributed by atoms with van der Waals surface area (Å²) in [5.74, 6) is 0.611. The summed E-state index contributed by atoms with van der Waals surface area (Å²) >= 11 is 0. The molecule has 0 aliphatic rings. The Labute approximate surface area is 296 Å². The van der Waals surface area contributed by atoms with Crippen molar-refractivity contribution in [3.05, 3.63) is 120 Å². The number of hydrogen-bond acceptors (Lipinski definition) is 8. The van der Waals surface area contributed by atoms with Crippen molar-refractivity contribution in [1.29, 1.82) is 0 Å². The van der Waals surface area contributed by atoms with Crippen molar-refractivity contribution in [2.45, 2.75) is 65.3 Å². The van der Waals surface area contributed by atoms with Crippen molar-refractivity contribution in [3.63, 3.8) is 0 Å². The van der Waals surface area contributed by atoms with E-state index in [2.05, 4.69) is 73.9 Å². The number of anilines is 1. The van der Waals surface area contributed by atoms with Crippen LogP contribution in [0.15, 0.2) is 108 Å². The second-order valence-electron chi connectivity index (χ2n) is 13.3. The van der Waals surface area contributed by atoms with E-state index in [0.29, 0.717) is 23.0 Å². The molecule has 0 fully saturated rings. The smallest absolute Gasteiger partial charge is 0.543 e. The Morgan fingerprint density at radius 2 is 1.53 bits per heavy atom. The number of benzene rings is 4. The summed E-state index contributed by atoms with van der Waals surface area (Å²) in [6.45, 7) is 13.1. The predicted molar refractivity (Wildman–Crippen MR) is 191 cm³/mol. The van der Waals surface area contributed by atoms with Crippen LogP contribution in [-0.4, -0.2) is 42.4 Å². The van der Waals surface area contributed by atoms with Gasteiger partial charge in [-0.25, -0.2) is 0 Å². The molecule has 1 heterocycles. The first kappa shape index (κ1) is 38.5. The van der Waals surface area contributed by atoms with Crippen LogP contribution >= 0.6 is 0 Å². The molecule has 0 aliphatic heterocycles. The highest BCUT2D eigenvalue weighted by atomic mass is 28.4. The van der Waals surface area contributed by atoms with Gasteiger partial charge in [-0.3, -0.25) is 4.79 Å². The number of nitrogens with zero attached hydrogens (tertiary/aromatic N) is 3. The van der Waals surface area contributed by atoms with Crippen LogP contribution in [-0.2, 0) is 17.9 Å². The highest BCUT2D eigenvalue weighted by molar-refractivity contribution is 6.74. The van der Waals surface area contributed by atoms with E-state index in [1.807, 2.05) is 36.4 Å². The molecule has 0 bridgehead atoms. The van der Waals surface area contributed by atoms with Crippen LogP contribution < -0.4 is 18.8 Å². The molecule has 0 aliphatic carbocycles. The largest absolute Gasteiger partial charge is 0.573 e. The van der Waals surface area contributed by atoms with Crippen LogP contribution in [0, 0.1) is 6.92 Å². The molecule has 1 aromatic heterocycles. The van der Waals surface area contributed by atoms with E-state index in [1.54, 1.807) is 24.3 Å². The maximum atomic E-state index is 12.6. The van der Waals surface area contributed by atoms with Crippen LogP contribution in [0.5, 0.6) is 17.2 Å². The van der Waals surface area contributed by atoms with E-state index in [-0.39, 0.29) is 23.9 Å². The molecule has 9 nitrogen and oxygen atoms in total. The van der Waals surface area contributed by atoms with Crippen molar-refractivity contribution >= 4 is 20.0 Å². The summed E-state index contributed by atoms with van der Waals surface area (Å²) in [4.78, 5) is 17.1. The quantitative estimate of drug-likeness (QED) is 0.126. The van der Waals surface area contributed by atoms with E-state index in [4.69, 9.17) is 13.7 Å². The Hall–Kier alpha value is -5.30. The van der Waals surface area contributed by atoms with Crippen LogP contribution in [0.3, 0.4) is 0 Å². The van der Waals surface area contributed by atoms with Gasteiger partial charge in [-0.2, -0.15) is 4.98 Å². The van der Waals surface area contributed by atoms with Crippen LogP contribution in [0.25, 0.3) is 11.5 Å². The number of carboxylic acid groups (broad SMARTS) is 1. The standard InChI is InChI=1S/C25H20F3N3O5.C13H22OSi/c26-25(27,28)35-21-11-5-9-19(13-21)31(15-23(32)33)14-17-6-4-10-20(12-17)34-16-22-29-24(36-30-22)18-7-2-1-3-8-18;1-11-8-7-9-12(10-11)14-15(5,6)13(2,3)4/h1-13H,14-16H2,(H,32,33);7-10H,1-6H3. The van der Waals surface area contributed by atoms with Crippen LogP contribution in [0.1, 0.15) is 37.7 Å². The molecule has 4 aromatic carbocycles. The Balaban J connectivity index is 0.000000326. The molecule has 51 heavy (non-hydrogen) atoms. The molecule has 5 aromatic rings. The first-order valence-corrected chi connectivity index (χ1v) is 19.1. The second-order valence-corrected chi connectivity index (χ2v) is 18.0. The maximum Gasteiger partial charge on any atom is 0.573 e. The molecule has 0 saturated carbocycles. The number of aromatic nitrogens is 2. The van der Waals surface area contributed by atoms with Gasteiger partial charge in [0.1, 0.15) is 23.8 Å². The topological polar surface area (TPSA) is 107 Å². The minimum absolute atomic E-state index is 0.0372. The van der Waals surface area contributed by atoms with Gasteiger partial charge in [0.15, 0.2) is 6.61 Å². The number of hydrogen-bond donors (Lipinski definition) is 1.